The highest BCUT2D eigenvalue weighted by Crippen LogP contribution is 2.44. The molecule has 2 aliphatic rings. The SMILES string of the molecule is Cc1cccc2c(-c3cccc4nn(C)cc34)nn(-c3ccc(N4CC5CC4CC5C(=O)O)nc3)c12. The lowest BCUT2D eigenvalue weighted by Gasteiger charge is -2.30. The van der Waals surface area contributed by atoms with E-state index in [0.29, 0.717) is 6.42 Å². The van der Waals surface area contributed by atoms with Gasteiger partial charge in [-0.3, -0.25) is 9.48 Å². The lowest BCUT2D eigenvalue weighted by Crippen LogP contribution is -2.38. The van der Waals surface area contributed by atoms with E-state index in [0.717, 1.165) is 63.1 Å². The second-order valence-corrected chi connectivity index (χ2v) is 10.1. The lowest BCUT2D eigenvalue weighted by molar-refractivity contribution is -0.143. The third-order valence-corrected chi connectivity index (χ3v) is 7.95. The summed E-state index contributed by atoms with van der Waals surface area (Å²) in [5.41, 5.74) is 6.03. The van der Waals surface area contributed by atoms with Gasteiger partial charge in [-0.1, -0.05) is 30.3 Å². The maximum absolute atomic E-state index is 11.5. The smallest absolute Gasteiger partial charge is 0.306 e. The van der Waals surface area contributed by atoms with Gasteiger partial charge in [0.1, 0.15) is 11.5 Å². The molecule has 1 aliphatic heterocycles. The van der Waals surface area contributed by atoms with Crippen LogP contribution < -0.4 is 4.90 Å². The number of aliphatic carboxylic acids is 1. The normalized spacial score (nSPS) is 21.2. The zero-order chi connectivity index (χ0) is 24.6. The van der Waals surface area contributed by atoms with E-state index < -0.39 is 5.97 Å². The summed E-state index contributed by atoms with van der Waals surface area (Å²) in [6.45, 7) is 2.87. The van der Waals surface area contributed by atoms with Gasteiger partial charge in [-0.25, -0.2) is 9.67 Å². The molecule has 0 amide bonds. The highest BCUT2D eigenvalue weighted by Gasteiger charge is 2.48. The Balaban J connectivity index is 1.30. The molecule has 1 aliphatic carbocycles. The van der Waals surface area contributed by atoms with Crippen LogP contribution in [0.2, 0.25) is 0 Å². The maximum atomic E-state index is 11.5. The highest BCUT2D eigenvalue weighted by molar-refractivity contribution is 6.03. The van der Waals surface area contributed by atoms with Crippen LogP contribution in [-0.2, 0) is 11.8 Å². The molecule has 3 atom stereocenters. The Bertz CT molecular complexity index is 1650. The van der Waals surface area contributed by atoms with Gasteiger partial charge in [-0.05, 0) is 49.4 Å². The van der Waals surface area contributed by atoms with Crippen molar-refractivity contribution in [2.75, 3.05) is 11.4 Å². The number of carbonyl (C=O) groups is 1. The van der Waals surface area contributed by atoms with Crippen molar-refractivity contribution >= 4 is 33.6 Å². The molecule has 3 unspecified atom stereocenters. The van der Waals surface area contributed by atoms with Gasteiger partial charge in [0, 0.05) is 42.2 Å². The molecule has 1 N–H and O–H groups in total. The predicted molar refractivity (Wildman–Crippen MR) is 138 cm³/mol. The van der Waals surface area contributed by atoms with Crippen LogP contribution in [0, 0.1) is 18.8 Å². The van der Waals surface area contributed by atoms with E-state index >= 15 is 0 Å². The fraction of sp³-hybridized carbons (Fsp3) is 0.286. The quantitative estimate of drug-likeness (QED) is 0.407. The Kier molecular flexibility index (Phi) is 4.49. The van der Waals surface area contributed by atoms with Gasteiger partial charge in [0.15, 0.2) is 0 Å². The van der Waals surface area contributed by atoms with Gasteiger partial charge in [0.25, 0.3) is 0 Å². The van der Waals surface area contributed by atoms with Crippen molar-refractivity contribution in [1.29, 1.82) is 0 Å². The van der Waals surface area contributed by atoms with E-state index in [4.69, 9.17) is 10.1 Å². The van der Waals surface area contributed by atoms with Crippen LogP contribution in [0.1, 0.15) is 18.4 Å². The second kappa shape index (κ2) is 7.65. The summed E-state index contributed by atoms with van der Waals surface area (Å²) in [6.07, 6.45) is 5.56. The van der Waals surface area contributed by atoms with Crippen LogP contribution in [-0.4, -0.2) is 48.2 Å². The number of aromatic nitrogens is 5. The number of benzene rings is 2. The number of carboxylic acid groups (broad SMARTS) is 1. The molecule has 2 bridgehead atoms. The topological polar surface area (TPSA) is 89.1 Å². The van der Waals surface area contributed by atoms with Crippen LogP contribution in [0.15, 0.2) is 60.9 Å². The monoisotopic (exact) mass is 478 g/mol. The lowest BCUT2D eigenvalue weighted by atomic mass is 9.95. The number of piperidine rings is 1. The first-order valence-corrected chi connectivity index (χ1v) is 12.3. The van der Waals surface area contributed by atoms with Crippen LogP contribution in [0.25, 0.3) is 38.8 Å². The van der Waals surface area contributed by atoms with E-state index in [9.17, 15) is 9.90 Å². The Labute approximate surface area is 207 Å². The van der Waals surface area contributed by atoms with Crippen LogP contribution in [0.4, 0.5) is 5.82 Å². The molecule has 36 heavy (non-hydrogen) atoms. The summed E-state index contributed by atoms with van der Waals surface area (Å²) < 4.78 is 3.83. The fourth-order valence-corrected chi connectivity index (χ4v) is 6.30. The molecule has 2 aromatic carbocycles. The average Bonchev–Trinajstić information content (AvgIpc) is 3.65. The number of hydrogen-bond acceptors (Lipinski definition) is 5. The fourth-order valence-electron chi connectivity index (χ4n) is 6.30. The molecule has 1 saturated carbocycles. The Morgan fingerprint density at radius 3 is 2.64 bits per heavy atom. The second-order valence-electron chi connectivity index (χ2n) is 10.1. The number of carboxylic acids is 1. The van der Waals surface area contributed by atoms with Crippen LogP contribution >= 0.6 is 0 Å². The minimum Gasteiger partial charge on any atom is -0.481 e. The summed E-state index contributed by atoms with van der Waals surface area (Å²) in [5.74, 6) is 0.240. The summed E-state index contributed by atoms with van der Waals surface area (Å²) in [4.78, 5) is 18.6. The van der Waals surface area contributed by atoms with Crippen molar-refractivity contribution < 1.29 is 9.90 Å². The molecule has 4 heterocycles. The van der Waals surface area contributed by atoms with Crippen molar-refractivity contribution in [1.82, 2.24) is 24.5 Å². The standard InChI is InChI=1S/C28H26N6O2/c1-16-5-3-7-21-26(20-6-4-8-24-23(20)15-32(2)30-24)31-34(27(16)21)18-9-10-25(29-13-18)33-14-17-11-19(33)12-22(17)28(35)36/h3-10,13,15,17,19,22H,11-12,14H2,1-2H3,(H,35,36). The summed E-state index contributed by atoms with van der Waals surface area (Å²) in [7, 11) is 1.94. The third kappa shape index (κ3) is 3.07. The van der Waals surface area contributed by atoms with Crippen LogP contribution in [0.5, 0.6) is 0 Å². The number of para-hydroxylation sites is 1. The number of rotatable bonds is 4. The number of nitrogens with zero attached hydrogens (tertiary/aromatic N) is 6. The molecule has 8 heteroatoms. The molecular formula is C28H26N6O2. The Morgan fingerprint density at radius 2 is 1.89 bits per heavy atom. The first kappa shape index (κ1) is 21.1. The Morgan fingerprint density at radius 1 is 1.03 bits per heavy atom. The minimum absolute atomic E-state index is 0.212. The highest BCUT2D eigenvalue weighted by atomic mass is 16.4. The van der Waals surface area contributed by atoms with Gasteiger partial charge < -0.3 is 10.0 Å². The molecule has 1 saturated heterocycles. The Hall–Kier alpha value is -4.20. The predicted octanol–water partition coefficient (Wildman–Crippen LogP) is 4.58. The van der Waals surface area contributed by atoms with E-state index in [2.05, 4.69) is 47.3 Å². The maximum Gasteiger partial charge on any atom is 0.306 e. The summed E-state index contributed by atoms with van der Waals surface area (Å²) >= 11 is 0. The van der Waals surface area contributed by atoms with Crippen molar-refractivity contribution in [3.63, 3.8) is 0 Å². The van der Waals surface area contributed by atoms with Crippen molar-refractivity contribution in [3.05, 3.63) is 66.5 Å². The first-order chi connectivity index (χ1) is 17.5. The molecule has 8 nitrogen and oxygen atoms in total. The zero-order valence-electron chi connectivity index (χ0n) is 20.2. The van der Waals surface area contributed by atoms with Gasteiger partial charge in [-0.2, -0.15) is 10.2 Å². The third-order valence-electron chi connectivity index (χ3n) is 7.95. The average molecular weight is 479 g/mol. The molecule has 0 radical (unpaired) electrons. The number of hydrogen-bond donors (Lipinski definition) is 1. The number of pyridine rings is 1. The van der Waals surface area contributed by atoms with Crippen molar-refractivity contribution in [2.24, 2.45) is 18.9 Å². The van der Waals surface area contributed by atoms with E-state index in [1.54, 1.807) is 0 Å². The number of anilines is 1. The molecule has 3 aromatic heterocycles. The van der Waals surface area contributed by atoms with E-state index in [1.807, 2.05) is 47.0 Å². The first-order valence-electron chi connectivity index (χ1n) is 12.3. The van der Waals surface area contributed by atoms with Gasteiger partial charge >= 0.3 is 5.97 Å². The van der Waals surface area contributed by atoms with Crippen molar-refractivity contribution in [2.45, 2.75) is 25.8 Å². The van der Waals surface area contributed by atoms with Crippen LogP contribution in [0.3, 0.4) is 0 Å². The molecule has 180 valence electrons. The minimum atomic E-state index is -0.663. The summed E-state index contributed by atoms with van der Waals surface area (Å²) in [5, 5.41) is 21.3. The van der Waals surface area contributed by atoms with Crippen molar-refractivity contribution in [3.8, 4) is 16.9 Å². The van der Waals surface area contributed by atoms with Gasteiger partial charge in [-0.15, -0.1) is 0 Å². The number of aryl methyl sites for hydroxylation is 2. The zero-order valence-corrected chi connectivity index (χ0v) is 20.2. The largest absolute Gasteiger partial charge is 0.481 e. The van der Waals surface area contributed by atoms with E-state index in [-0.39, 0.29) is 17.9 Å². The molecule has 5 aromatic rings. The van der Waals surface area contributed by atoms with E-state index in [1.165, 1.54) is 0 Å². The van der Waals surface area contributed by atoms with Gasteiger partial charge in [0.05, 0.1) is 28.8 Å². The molecule has 7 rings (SSSR count). The van der Waals surface area contributed by atoms with Gasteiger partial charge in [0.2, 0.25) is 0 Å². The summed E-state index contributed by atoms with van der Waals surface area (Å²) in [6, 6.07) is 16.8. The molecule has 2 fully saturated rings. The molecular weight excluding hydrogens is 452 g/mol. The number of fused-ring (bicyclic) bond motifs is 4. The molecule has 0 spiro atoms.